The van der Waals surface area contributed by atoms with E-state index < -0.39 is 0 Å². The molecular weight excluding hydrogens is 120 g/mol. The van der Waals surface area contributed by atoms with Crippen LogP contribution in [-0.2, 0) is 12.6 Å². The average molecular weight is 135 g/mol. The van der Waals surface area contributed by atoms with Crippen LogP contribution in [0, 0.1) is 0 Å². The van der Waals surface area contributed by atoms with Crippen LogP contribution in [0.1, 0.15) is 6.92 Å². The highest BCUT2D eigenvalue weighted by Crippen LogP contribution is 1.74. The number of nitrogens with one attached hydrogen (secondary N) is 1. The van der Waals surface area contributed by atoms with Crippen molar-refractivity contribution in [3.05, 3.63) is 0 Å². The predicted molar refractivity (Wildman–Crippen MR) is 41.5 cm³/mol. The molecule has 0 bridgehead atoms. The van der Waals surface area contributed by atoms with Gasteiger partial charge in [0.1, 0.15) is 5.25 Å². The number of hydrogen-bond donors (Lipinski definition) is 2. The van der Waals surface area contributed by atoms with Gasteiger partial charge >= 0.3 is 0 Å². The maximum Gasteiger partial charge on any atom is 0.123 e. The Hall–Kier alpha value is 0.270. The van der Waals surface area contributed by atoms with E-state index in [1.807, 2.05) is 0 Å². The maximum atomic E-state index is 5.24. The van der Waals surface area contributed by atoms with E-state index in [0.29, 0.717) is 5.25 Å². The fraction of sp³-hybridized carbons (Fsp3) is 1.00. The van der Waals surface area contributed by atoms with Gasteiger partial charge in [0.15, 0.2) is 0 Å². The molecule has 0 saturated carbocycles. The van der Waals surface area contributed by atoms with Gasteiger partial charge in [-0.1, -0.05) is 0 Å². The van der Waals surface area contributed by atoms with Crippen LogP contribution in [0.5, 0.6) is 0 Å². The topological polar surface area (TPSA) is 38.0 Å². The lowest BCUT2D eigenvalue weighted by molar-refractivity contribution is 0.687. The molecule has 0 saturated heterocycles. The van der Waals surface area contributed by atoms with Crippen molar-refractivity contribution in [1.82, 2.24) is 5.32 Å². The number of hydrogen-bond acceptors (Lipinski definition) is 2. The Morgan fingerprint density at radius 2 is 2.38 bits per heavy atom. The zero-order chi connectivity index (χ0) is 6.41. The van der Waals surface area contributed by atoms with Crippen LogP contribution >= 0.6 is 0 Å². The molecule has 0 spiro atoms. The Bertz CT molecular complexity index is 47.7. The summed E-state index contributed by atoms with van der Waals surface area (Å²) in [6, 6.07) is 0. The Labute approximate surface area is 56.2 Å². The van der Waals surface area contributed by atoms with Gasteiger partial charge in [0.05, 0.1) is 0 Å². The van der Waals surface area contributed by atoms with Crippen molar-refractivity contribution in [2.45, 2.75) is 12.2 Å². The number of nitrogens with two attached hydrogens (primary N) is 1. The summed E-state index contributed by atoms with van der Waals surface area (Å²) in [7, 11) is 0. The lowest BCUT2D eigenvalue weighted by Crippen LogP contribution is -2.28. The molecule has 0 aromatic carbocycles. The molecule has 0 aliphatic carbocycles. The molecule has 3 heteroatoms. The smallest absolute Gasteiger partial charge is 0.123 e. The molecule has 1 unspecified atom stereocenters. The summed E-state index contributed by atoms with van der Waals surface area (Å²) < 4.78 is 0. The SMILES string of the molecule is CC([SH2+])CNCCN. The quantitative estimate of drug-likeness (QED) is 0.381. The first kappa shape index (κ1) is 8.27. The van der Waals surface area contributed by atoms with Crippen LogP contribution in [0.15, 0.2) is 0 Å². The van der Waals surface area contributed by atoms with Gasteiger partial charge in [-0.25, -0.2) is 0 Å². The highest BCUT2D eigenvalue weighted by molar-refractivity contribution is 7.59. The van der Waals surface area contributed by atoms with Crippen molar-refractivity contribution >= 4 is 12.6 Å². The fourth-order valence-electron chi connectivity index (χ4n) is 0.421. The van der Waals surface area contributed by atoms with Crippen LogP contribution in [0.2, 0.25) is 0 Å². The molecule has 1 atom stereocenters. The summed E-state index contributed by atoms with van der Waals surface area (Å²) in [5.41, 5.74) is 5.24. The molecule has 50 valence electrons. The van der Waals surface area contributed by atoms with Crippen molar-refractivity contribution in [1.29, 1.82) is 0 Å². The Kier molecular flexibility index (Phi) is 5.59. The third kappa shape index (κ3) is 6.27. The Morgan fingerprint density at radius 3 is 2.75 bits per heavy atom. The van der Waals surface area contributed by atoms with Gasteiger partial charge < -0.3 is 11.1 Å². The van der Waals surface area contributed by atoms with E-state index in [1.165, 1.54) is 0 Å². The Balaban J connectivity index is 2.72. The van der Waals surface area contributed by atoms with Gasteiger partial charge in [0.2, 0.25) is 0 Å². The van der Waals surface area contributed by atoms with E-state index in [4.69, 9.17) is 5.73 Å². The first-order valence-corrected chi connectivity index (χ1v) is 3.47. The summed E-state index contributed by atoms with van der Waals surface area (Å²) in [5, 5.41) is 3.70. The average Bonchev–Trinajstić information content (AvgIpc) is 1.66. The summed E-state index contributed by atoms with van der Waals surface area (Å²) in [4.78, 5) is 0. The van der Waals surface area contributed by atoms with E-state index in [1.54, 1.807) is 0 Å². The molecule has 0 radical (unpaired) electrons. The monoisotopic (exact) mass is 135 g/mol. The molecule has 0 aliphatic heterocycles. The van der Waals surface area contributed by atoms with E-state index in [9.17, 15) is 0 Å². The van der Waals surface area contributed by atoms with Crippen LogP contribution in [0.4, 0.5) is 0 Å². The van der Waals surface area contributed by atoms with Crippen LogP contribution < -0.4 is 11.1 Å². The van der Waals surface area contributed by atoms with Crippen molar-refractivity contribution in [3.63, 3.8) is 0 Å². The molecule has 0 aliphatic rings. The van der Waals surface area contributed by atoms with Crippen molar-refractivity contribution in [2.24, 2.45) is 5.73 Å². The first-order valence-electron chi connectivity index (χ1n) is 2.89. The zero-order valence-corrected chi connectivity index (χ0v) is 6.28. The van der Waals surface area contributed by atoms with E-state index in [-0.39, 0.29) is 0 Å². The molecule has 0 fully saturated rings. The molecule has 0 aromatic heterocycles. The molecule has 0 aromatic rings. The molecule has 8 heavy (non-hydrogen) atoms. The summed E-state index contributed by atoms with van der Waals surface area (Å²) in [6.07, 6.45) is 0. The lowest BCUT2D eigenvalue weighted by Gasteiger charge is -1.99. The van der Waals surface area contributed by atoms with Gasteiger partial charge in [-0.15, -0.1) is 0 Å². The predicted octanol–water partition coefficient (Wildman–Crippen LogP) is -1.07. The lowest BCUT2D eigenvalue weighted by atomic mass is 10.4. The second-order valence-electron chi connectivity index (χ2n) is 1.89. The second kappa shape index (κ2) is 5.41. The van der Waals surface area contributed by atoms with Gasteiger partial charge in [-0.2, -0.15) is 0 Å². The van der Waals surface area contributed by atoms with Gasteiger partial charge in [0.25, 0.3) is 0 Å². The molecule has 2 nitrogen and oxygen atoms in total. The minimum absolute atomic E-state index is 0.543. The highest BCUT2D eigenvalue weighted by Gasteiger charge is 1.95. The molecule has 0 rings (SSSR count). The molecular formula is C5H15N2S+. The normalized spacial score (nSPS) is 13.9. The van der Waals surface area contributed by atoms with Crippen LogP contribution in [-0.4, -0.2) is 24.9 Å². The van der Waals surface area contributed by atoms with Crippen LogP contribution in [0.3, 0.4) is 0 Å². The van der Waals surface area contributed by atoms with Crippen LogP contribution in [0.25, 0.3) is 0 Å². The van der Waals surface area contributed by atoms with Gasteiger partial charge in [-0.05, 0) is 19.6 Å². The first-order chi connectivity index (χ1) is 3.77. The second-order valence-corrected chi connectivity index (χ2v) is 2.88. The van der Waals surface area contributed by atoms with Gasteiger partial charge in [-0.3, -0.25) is 0 Å². The minimum atomic E-state index is 0.543. The largest absolute Gasteiger partial charge is 0.329 e. The molecule has 0 heterocycles. The molecule has 3 N–H and O–H groups in total. The van der Waals surface area contributed by atoms with E-state index in [0.717, 1.165) is 19.6 Å². The van der Waals surface area contributed by atoms with E-state index >= 15 is 0 Å². The third-order valence-electron chi connectivity index (χ3n) is 0.772. The van der Waals surface area contributed by atoms with Crippen molar-refractivity contribution in [3.8, 4) is 0 Å². The van der Waals surface area contributed by atoms with Crippen molar-refractivity contribution < 1.29 is 0 Å². The zero-order valence-electron chi connectivity index (χ0n) is 5.28. The summed E-state index contributed by atoms with van der Waals surface area (Å²) in [5.74, 6) is 0. The minimum Gasteiger partial charge on any atom is -0.329 e. The Morgan fingerprint density at radius 1 is 1.75 bits per heavy atom. The van der Waals surface area contributed by atoms with Gasteiger partial charge in [0, 0.05) is 19.6 Å². The maximum absolute atomic E-state index is 5.24. The standard InChI is InChI=1S/C5H14N2S/c1-5(8)4-7-3-2-6/h5,7-8H,2-4,6H2,1H3/p+1. The number of rotatable bonds is 4. The summed E-state index contributed by atoms with van der Waals surface area (Å²) in [6.45, 7) is 4.72. The van der Waals surface area contributed by atoms with Crippen molar-refractivity contribution in [2.75, 3.05) is 19.6 Å². The summed E-state index contributed by atoms with van der Waals surface area (Å²) >= 11 is 3.45. The highest BCUT2D eigenvalue weighted by atomic mass is 32.1. The third-order valence-corrected chi connectivity index (χ3v) is 0.976. The molecule has 0 amide bonds. The van der Waals surface area contributed by atoms with E-state index in [2.05, 4.69) is 24.9 Å². The fourth-order valence-corrected chi connectivity index (χ4v) is 0.565.